The van der Waals surface area contributed by atoms with Gasteiger partial charge in [-0.15, -0.1) is 11.6 Å². The maximum Gasteiger partial charge on any atom is 0.182 e. The van der Waals surface area contributed by atoms with Gasteiger partial charge in [0, 0.05) is 22.6 Å². The molecule has 0 aliphatic heterocycles. The number of aromatic nitrogens is 1. The molecular formula is C16H17Cl2NO2. The number of rotatable bonds is 4. The Hall–Kier alpha value is -1.45. The smallest absolute Gasteiger partial charge is 0.182 e. The van der Waals surface area contributed by atoms with Gasteiger partial charge in [-0.2, -0.15) is 0 Å². The maximum absolute atomic E-state index is 12.1. The van der Waals surface area contributed by atoms with Crippen LogP contribution >= 0.6 is 23.2 Å². The van der Waals surface area contributed by atoms with Crippen LogP contribution in [0.25, 0.3) is 5.69 Å². The average molecular weight is 326 g/mol. The number of hydrogen-bond acceptors (Lipinski definition) is 2. The van der Waals surface area contributed by atoms with Crippen molar-refractivity contribution in [3.8, 4) is 11.4 Å². The summed E-state index contributed by atoms with van der Waals surface area (Å²) in [5, 5.41) is -0.0144. The van der Waals surface area contributed by atoms with E-state index in [0.717, 1.165) is 17.1 Å². The number of benzene rings is 1. The highest BCUT2D eigenvalue weighted by Gasteiger charge is 2.20. The summed E-state index contributed by atoms with van der Waals surface area (Å²) >= 11 is 12.1. The van der Waals surface area contributed by atoms with E-state index in [1.165, 1.54) is 0 Å². The molecule has 2 rings (SSSR count). The SMILES string of the molecule is COc1ccc(-n2c(C)cc(C(=O)C(C)Cl)c2C)cc1Cl. The lowest BCUT2D eigenvalue weighted by atomic mass is 10.1. The van der Waals surface area contributed by atoms with Gasteiger partial charge in [0.1, 0.15) is 5.75 Å². The highest BCUT2D eigenvalue weighted by molar-refractivity contribution is 6.33. The van der Waals surface area contributed by atoms with Crippen LogP contribution in [0.3, 0.4) is 0 Å². The second-order valence-corrected chi connectivity index (χ2v) is 5.98. The van der Waals surface area contributed by atoms with E-state index >= 15 is 0 Å². The quantitative estimate of drug-likeness (QED) is 0.609. The van der Waals surface area contributed by atoms with Crippen LogP contribution in [0.2, 0.25) is 5.02 Å². The van der Waals surface area contributed by atoms with Crippen molar-refractivity contribution < 1.29 is 9.53 Å². The van der Waals surface area contributed by atoms with Gasteiger partial charge in [0.25, 0.3) is 0 Å². The molecule has 3 nitrogen and oxygen atoms in total. The topological polar surface area (TPSA) is 31.2 Å². The molecule has 2 aromatic rings. The number of carbonyl (C=O) groups excluding carboxylic acids is 1. The summed E-state index contributed by atoms with van der Waals surface area (Å²) in [5.74, 6) is 0.546. The minimum Gasteiger partial charge on any atom is -0.495 e. The van der Waals surface area contributed by atoms with Crippen LogP contribution in [0.5, 0.6) is 5.75 Å². The zero-order valence-corrected chi connectivity index (χ0v) is 13.9. The van der Waals surface area contributed by atoms with E-state index in [0.29, 0.717) is 16.3 Å². The number of halogens is 2. The number of ketones is 1. The average Bonchev–Trinajstić information content (AvgIpc) is 2.73. The van der Waals surface area contributed by atoms with E-state index in [4.69, 9.17) is 27.9 Å². The largest absolute Gasteiger partial charge is 0.495 e. The molecule has 5 heteroatoms. The Morgan fingerprint density at radius 1 is 1.29 bits per heavy atom. The van der Waals surface area contributed by atoms with E-state index in [-0.39, 0.29) is 5.78 Å². The first kappa shape index (κ1) is 15.9. The third kappa shape index (κ3) is 2.94. The van der Waals surface area contributed by atoms with Crippen LogP contribution in [0.4, 0.5) is 0 Å². The van der Waals surface area contributed by atoms with Crippen LogP contribution in [0.1, 0.15) is 28.7 Å². The minimum atomic E-state index is -0.543. The molecule has 1 unspecified atom stereocenters. The van der Waals surface area contributed by atoms with Gasteiger partial charge in [-0.25, -0.2) is 0 Å². The Labute approximate surface area is 134 Å². The predicted octanol–water partition coefficient (Wildman–Crippen LogP) is 4.57. The summed E-state index contributed by atoms with van der Waals surface area (Å²) in [5.41, 5.74) is 3.33. The fourth-order valence-electron chi connectivity index (χ4n) is 2.42. The van der Waals surface area contributed by atoms with Gasteiger partial charge in [0.15, 0.2) is 5.78 Å². The number of methoxy groups -OCH3 is 1. The summed E-state index contributed by atoms with van der Waals surface area (Å²) in [6, 6.07) is 7.39. The molecule has 0 aliphatic rings. The maximum atomic E-state index is 12.1. The zero-order valence-electron chi connectivity index (χ0n) is 12.4. The van der Waals surface area contributed by atoms with Crippen molar-refractivity contribution in [2.45, 2.75) is 26.1 Å². The van der Waals surface area contributed by atoms with Crippen molar-refractivity contribution in [3.63, 3.8) is 0 Å². The van der Waals surface area contributed by atoms with Gasteiger partial charge >= 0.3 is 0 Å². The number of alkyl halides is 1. The van der Waals surface area contributed by atoms with Crippen molar-refractivity contribution in [3.05, 3.63) is 46.2 Å². The fourth-order valence-corrected chi connectivity index (χ4v) is 2.79. The molecule has 0 spiro atoms. The minimum absolute atomic E-state index is 0.0735. The molecule has 0 saturated heterocycles. The lowest BCUT2D eigenvalue weighted by Gasteiger charge is -2.12. The molecule has 0 N–H and O–H groups in total. The van der Waals surface area contributed by atoms with E-state index in [9.17, 15) is 4.79 Å². The van der Waals surface area contributed by atoms with Gasteiger partial charge in [0.05, 0.1) is 17.5 Å². The number of nitrogens with zero attached hydrogens (tertiary/aromatic N) is 1. The van der Waals surface area contributed by atoms with E-state index < -0.39 is 5.38 Å². The zero-order chi connectivity index (χ0) is 15.7. The molecule has 0 saturated carbocycles. The van der Waals surface area contributed by atoms with Crippen LogP contribution in [-0.4, -0.2) is 22.8 Å². The van der Waals surface area contributed by atoms with Crippen molar-refractivity contribution in [1.29, 1.82) is 0 Å². The molecule has 1 heterocycles. The third-order valence-electron chi connectivity index (χ3n) is 3.45. The normalized spacial score (nSPS) is 12.3. The first-order valence-electron chi connectivity index (χ1n) is 6.58. The molecule has 0 amide bonds. The second-order valence-electron chi connectivity index (χ2n) is 4.92. The number of ether oxygens (including phenoxy) is 1. The lowest BCUT2D eigenvalue weighted by Crippen LogP contribution is -2.11. The van der Waals surface area contributed by atoms with E-state index in [1.54, 1.807) is 14.0 Å². The van der Waals surface area contributed by atoms with Gasteiger partial charge < -0.3 is 9.30 Å². The number of carbonyl (C=O) groups is 1. The Morgan fingerprint density at radius 2 is 1.95 bits per heavy atom. The van der Waals surface area contributed by atoms with Crippen molar-refractivity contribution in [2.75, 3.05) is 7.11 Å². The van der Waals surface area contributed by atoms with Crippen LogP contribution < -0.4 is 4.74 Å². The first-order chi connectivity index (χ1) is 9.86. The number of aryl methyl sites for hydroxylation is 1. The first-order valence-corrected chi connectivity index (χ1v) is 7.39. The summed E-state index contributed by atoms with van der Waals surface area (Å²) < 4.78 is 7.14. The van der Waals surface area contributed by atoms with E-state index in [1.807, 2.05) is 42.7 Å². The van der Waals surface area contributed by atoms with Crippen LogP contribution in [0, 0.1) is 13.8 Å². The fraction of sp³-hybridized carbons (Fsp3) is 0.312. The van der Waals surface area contributed by atoms with Gasteiger partial charge in [-0.05, 0) is 45.0 Å². The molecule has 21 heavy (non-hydrogen) atoms. The van der Waals surface area contributed by atoms with Crippen molar-refractivity contribution >= 4 is 29.0 Å². The molecule has 0 bridgehead atoms. The highest BCUT2D eigenvalue weighted by Crippen LogP contribution is 2.29. The van der Waals surface area contributed by atoms with Crippen LogP contribution in [0.15, 0.2) is 24.3 Å². The number of hydrogen-bond donors (Lipinski definition) is 0. The second kappa shape index (κ2) is 6.12. The summed E-state index contributed by atoms with van der Waals surface area (Å²) in [7, 11) is 1.58. The van der Waals surface area contributed by atoms with Gasteiger partial charge in [-0.3, -0.25) is 4.79 Å². The molecular weight excluding hydrogens is 309 g/mol. The molecule has 0 radical (unpaired) electrons. The Kier molecular flexibility index (Phi) is 4.64. The molecule has 1 atom stereocenters. The summed E-state index contributed by atoms with van der Waals surface area (Å²) in [4.78, 5) is 12.1. The third-order valence-corrected chi connectivity index (χ3v) is 3.95. The van der Waals surface area contributed by atoms with E-state index in [2.05, 4.69) is 0 Å². The monoisotopic (exact) mass is 325 g/mol. The molecule has 1 aromatic heterocycles. The molecule has 0 aliphatic carbocycles. The Morgan fingerprint density at radius 3 is 2.48 bits per heavy atom. The van der Waals surface area contributed by atoms with Gasteiger partial charge in [-0.1, -0.05) is 11.6 Å². The van der Waals surface area contributed by atoms with Crippen LogP contribution in [-0.2, 0) is 0 Å². The van der Waals surface area contributed by atoms with Gasteiger partial charge in [0.2, 0.25) is 0 Å². The van der Waals surface area contributed by atoms with Crippen molar-refractivity contribution in [1.82, 2.24) is 4.57 Å². The molecule has 0 fully saturated rings. The predicted molar refractivity (Wildman–Crippen MR) is 86.5 cm³/mol. The molecule has 112 valence electrons. The summed E-state index contributed by atoms with van der Waals surface area (Å²) in [6.07, 6.45) is 0. The molecule has 1 aromatic carbocycles. The lowest BCUT2D eigenvalue weighted by molar-refractivity contribution is 0.0991. The Bertz CT molecular complexity index is 690. The summed E-state index contributed by atoms with van der Waals surface area (Å²) in [6.45, 7) is 5.53. The van der Waals surface area contributed by atoms with Crippen molar-refractivity contribution in [2.24, 2.45) is 0 Å². The number of Topliss-reactive ketones (excluding diaryl/α,β-unsaturated/α-hetero) is 1. The Balaban J connectivity index is 2.55. The standard InChI is InChI=1S/C16H17Cl2NO2/c1-9-7-13(16(20)10(2)17)11(3)19(9)12-5-6-15(21-4)14(18)8-12/h5-8,10H,1-4H3. The highest BCUT2D eigenvalue weighted by atomic mass is 35.5.